The number of rotatable bonds is 3. The zero-order valence-electron chi connectivity index (χ0n) is 17.2. The van der Waals surface area contributed by atoms with Gasteiger partial charge in [0.1, 0.15) is 5.82 Å². The lowest BCUT2D eigenvalue weighted by Gasteiger charge is -2.37. The first-order valence-electron chi connectivity index (χ1n) is 10.6. The van der Waals surface area contributed by atoms with Crippen LogP contribution >= 0.6 is 0 Å². The van der Waals surface area contributed by atoms with E-state index < -0.39 is 0 Å². The molecule has 2 aliphatic heterocycles. The number of halogens is 1. The van der Waals surface area contributed by atoms with Gasteiger partial charge in [-0.1, -0.05) is 6.07 Å². The van der Waals surface area contributed by atoms with E-state index in [9.17, 15) is 14.0 Å². The maximum atomic E-state index is 13.9. The van der Waals surface area contributed by atoms with E-state index in [1.807, 2.05) is 13.0 Å². The molecule has 2 saturated heterocycles. The molecule has 2 heterocycles. The quantitative estimate of drug-likeness (QED) is 0.843. The summed E-state index contributed by atoms with van der Waals surface area (Å²) in [4.78, 5) is 28.0. The fourth-order valence-electron chi connectivity index (χ4n) is 5.52. The third-order valence-electron chi connectivity index (χ3n) is 6.82. The molecule has 158 valence electrons. The second-order valence-corrected chi connectivity index (χ2v) is 8.61. The molecule has 1 aromatic carbocycles. The molecule has 4 rings (SSSR count). The van der Waals surface area contributed by atoms with Gasteiger partial charge in [-0.25, -0.2) is 9.18 Å². The summed E-state index contributed by atoms with van der Waals surface area (Å²) in [6, 6.07) is 5.37. The molecule has 1 unspecified atom stereocenters. The van der Waals surface area contributed by atoms with E-state index >= 15 is 0 Å². The minimum Gasteiger partial charge on any atom is -0.450 e. The Balaban J connectivity index is 1.45. The third kappa shape index (κ3) is 3.84. The number of fused-ring (bicyclic) bond motifs is 2. The second-order valence-electron chi connectivity index (χ2n) is 8.61. The van der Waals surface area contributed by atoms with Crippen molar-refractivity contribution in [1.29, 1.82) is 0 Å². The molecule has 0 saturated carbocycles. The summed E-state index contributed by atoms with van der Waals surface area (Å²) in [5, 5.41) is 3.02. The predicted molar refractivity (Wildman–Crippen MR) is 107 cm³/mol. The molecule has 1 aliphatic carbocycles. The number of nitrogens with one attached hydrogen (secondary N) is 1. The molecule has 29 heavy (non-hydrogen) atoms. The van der Waals surface area contributed by atoms with E-state index in [1.54, 1.807) is 11.0 Å². The van der Waals surface area contributed by atoms with Crippen molar-refractivity contribution >= 4 is 12.0 Å². The van der Waals surface area contributed by atoms with Gasteiger partial charge in [-0.2, -0.15) is 0 Å². The van der Waals surface area contributed by atoms with E-state index in [0.717, 1.165) is 57.4 Å². The summed E-state index contributed by atoms with van der Waals surface area (Å²) in [5.74, 6) is -0.333. The number of carbonyl (C=O) groups excluding carboxylic acids is 2. The SMILES string of the molecule is CCOC(=O)N1CCC(N2CCC3(C[C@H](NC(C)=O)c4cc(F)ccc43)C2)CC1. The Kier molecular flexibility index (Phi) is 5.51. The zero-order chi connectivity index (χ0) is 20.6. The molecule has 0 aromatic heterocycles. The van der Waals surface area contributed by atoms with Crippen molar-refractivity contribution in [2.45, 2.75) is 57.0 Å². The number of hydrogen-bond donors (Lipinski definition) is 1. The van der Waals surface area contributed by atoms with Gasteiger partial charge in [0.25, 0.3) is 0 Å². The Morgan fingerprint density at radius 3 is 2.72 bits per heavy atom. The molecule has 0 bridgehead atoms. The van der Waals surface area contributed by atoms with Crippen LogP contribution in [0.2, 0.25) is 0 Å². The Hall–Kier alpha value is -2.15. The van der Waals surface area contributed by atoms with Crippen LogP contribution in [0.1, 0.15) is 56.7 Å². The fraction of sp³-hybridized carbons (Fsp3) is 0.636. The highest BCUT2D eigenvalue weighted by Gasteiger charge is 2.49. The maximum absolute atomic E-state index is 13.9. The largest absolute Gasteiger partial charge is 0.450 e. The van der Waals surface area contributed by atoms with E-state index in [2.05, 4.69) is 10.2 Å². The average Bonchev–Trinajstić information content (AvgIpc) is 3.24. The Morgan fingerprint density at radius 2 is 2.03 bits per heavy atom. The zero-order valence-corrected chi connectivity index (χ0v) is 17.2. The van der Waals surface area contributed by atoms with Gasteiger partial charge in [0.05, 0.1) is 12.6 Å². The molecule has 1 spiro atoms. The first kappa shape index (κ1) is 20.1. The van der Waals surface area contributed by atoms with Crippen molar-refractivity contribution in [3.05, 3.63) is 35.1 Å². The topological polar surface area (TPSA) is 61.9 Å². The molecule has 1 aromatic rings. The lowest BCUT2D eigenvalue weighted by atomic mass is 9.81. The summed E-state index contributed by atoms with van der Waals surface area (Å²) in [5.41, 5.74) is 2.08. The van der Waals surface area contributed by atoms with E-state index in [0.29, 0.717) is 12.6 Å². The standard InChI is InChI=1S/C22H30FN3O3/c1-3-29-21(28)25-9-6-17(7-10-25)26-11-8-22(14-26)13-20(24-15(2)27)18-12-16(23)4-5-19(18)22/h4-5,12,17,20H,3,6-11,13-14H2,1-2H3,(H,24,27)/t20-,22?/m0/s1. The van der Waals surface area contributed by atoms with Crippen molar-refractivity contribution < 1.29 is 18.7 Å². The van der Waals surface area contributed by atoms with Crippen LogP contribution in [0.5, 0.6) is 0 Å². The minimum absolute atomic E-state index is 0.0333. The predicted octanol–water partition coefficient (Wildman–Crippen LogP) is 2.97. The van der Waals surface area contributed by atoms with Crippen LogP contribution in [-0.4, -0.2) is 60.6 Å². The van der Waals surface area contributed by atoms with Crippen LogP contribution < -0.4 is 5.32 Å². The van der Waals surface area contributed by atoms with Crippen LogP contribution in [-0.2, 0) is 14.9 Å². The number of piperidine rings is 1. The molecular formula is C22H30FN3O3. The van der Waals surface area contributed by atoms with Crippen molar-refractivity contribution in [2.24, 2.45) is 0 Å². The van der Waals surface area contributed by atoms with Gasteiger partial charge < -0.3 is 15.0 Å². The molecule has 2 amide bonds. The molecule has 2 fully saturated rings. The lowest BCUT2D eigenvalue weighted by Crippen LogP contribution is -2.47. The number of benzene rings is 1. The highest BCUT2D eigenvalue weighted by Crippen LogP contribution is 2.51. The number of ether oxygens (including phenoxy) is 1. The summed E-state index contributed by atoms with van der Waals surface area (Å²) in [6.45, 7) is 7.12. The third-order valence-corrected chi connectivity index (χ3v) is 6.82. The monoisotopic (exact) mass is 403 g/mol. The van der Waals surface area contributed by atoms with Crippen LogP contribution in [0.3, 0.4) is 0 Å². The lowest BCUT2D eigenvalue weighted by molar-refractivity contribution is -0.119. The number of carbonyl (C=O) groups is 2. The van der Waals surface area contributed by atoms with Crippen LogP contribution in [0.15, 0.2) is 18.2 Å². The van der Waals surface area contributed by atoms with E-state index in [-0.39, 0.29) is 29.3 Å². The summed E-state index contributed by atoms with van der Waals surface area (Å²) in [7, 11) is 0. The van der Waals surface area contributed by atoms with Crippen molar-refractivity contribution in [2.75, 3.05) is 32.8 Å². The average molecular weight is 403 g/mol. The summed E-state index contributed by atoms with van der Waals surface area (Å²) < 4.78 is 19.0. The van der Waals surface area contributed by atoms with Gasteiger partial charge in [0.15, 0.2) is 0 Å². The fourth-order valence-corrected chi connectivity index (χ4v) is 5.52. The molecular weight excluding hydrogens is 373 g/mol. The normalized spacial score (nSPS) is 27.3. The van der Waals surface area contributed by atoms with Gasteiger partial charge in [-0.15, -0.1) is 0 Å². The molecule has 2 atom stereocenters. The smallest absolute Gasteiger partial charge is 0.409 e. The first-order valence-corrected chi connectivity index (χ1v) is 10.6. The van der Waals surface area contributed by atoms with Gasteiger partial charge in [0.2, 0.25) is 5.91 Å². The van der Waals surface area contributed by atoms with Gasteiger partial charge in [-0.3, -0.25) is 9.69 Å². The molecule has 0 radical (unpaired) electrons. The second kappa shape index (κ2) is 7.94. The molecule has 1 N–H and O–H groups in total. The number of amides is 2. The summed E-state index contributed by atoms with van der Waals surface area (Å²) >= 11 is 0. The van der Waals surface area contributed by atoms with Crippen LogP contribution in [0.25, 0.3) is 0 Å². The van der Waals surface area contributed by atoms with Crippen LogP contribution in [0.4, 0.5) is 9.18 Å². The van der Waals surface area contributed by atoms with Crippen molar-refractivity contribution in [3.8, 4) is 0 Å². The van der Waals surface area contributed by atoms with E-state index in [4.69, 9.17) is 4.74 Å². The minimum atomic E-state index is -0.252. The Bertz CT molecular complexity index is 794. The first-order chi connectivity index (χ1) is 13.9. The molecule has 3 aliphatic rings. The van der Waals surface area contributed by atoms with Crippen LogP contribution in [0, 0.1) is 5.82 Å². The number of hydrogen-bond acceptors (Lipinski definition) is 4. The van der Waals surface area contributed by atoms with Gasteiger partial charge in [-0.05, 0) is 62.4 Å². The van der Waals surface area contributed by atoms with Gasteiger partial charge >= 0.3 is 6.09 Å². The highest BCUT2D eigenvalue weighted by atomic mass is 19.1. The number of nitrogens with zero attached hydrogens (tertiary/aromatic N) is 2. The molecule has 7 heteroatoms. The van der Waals surface area contributed by atoms with Crippen molar-refractivity contribution in [1.82, 2.24) is 15.1 Å². The van der Waals surface area contributed by atoms with E-state index in [1.165, 1.54) is 18.6 Å². The Morgan fingerprint density at radius 1 is 1.28 bits per heavy atom. The summed E-state index contributed by atoms with van der Waals surface area (Å²) in [6.07, 6.45) is 3.51. The maximum Gasteiger partial charge on any atom is 0.409 e. The highest BCUT2D eigenvalue weighted by molar-refractivity contribution is 5.74. The number of likely N-dealkylation sites (tertiary alicyclic amines) is 2. The van der Waals surface area contributed by atoms with Crippen molar-refractivity contribution in [3.63, 3.8) is 0 Å². The van der Waals surface area contributed by atoms with Gasteiger partial charge in [0, 0.05) is 38.0 Å². The molecule has 6 nitrogen and oxygen atoms in total. The Labute approximate surface area is 171 Å².